The van der Waals surface area contributed by atoms with Crippen LogP contribution in [-0.4, -0.2) is 39.5 Å². The second-order valence-corrected chi connectivity index (χ2v) is 13.6. The Labute approximate surface area is 277 Å². The highest BCUT2D eigenvalue weighted by atomic mass is 35.5. The third kappa shape index (κ3) is 8.19. The zero-order valence-corrected chi connectivity index (χ0v) is 26.6. The Hall–Kier alpha value is -2.08. The lowest BCUT2D eigenvalue weighted by Crippen LogP contribution is -2.18. The van der Waals surface area contributed by atoms with E-state index in [1.165, 1.54) is 18.2 Å². The molecule has 1 fully saturated rings. The summed E-state index contributed by atoms with van der Waals surface area (Å²) in [5.41, 5.74) is -0.252. The van der Waals surface area contributed by atoms with E-state index >= 15 is 4.39 Å². The predicted octanol–water partition coefficient (Wildman–Crippen LogP) is 9.28. The van der Waals surface area contributed by atoms with Crippen LogP contribution < -0.4 is 5.32 Å². The monoisotopic (exact) mass is 731 g/mol. The van der Waals surface area contributed by atoms with Crippen LogP contribution in [-0.2, 0) is 22.4 Å². The second kappa shape index (κ2) is 13.7. The lowest BCUT2D eigenvalue weighted by atomic mass is 9.98. The van der Waals surface area contributed by atoms with E-state index < -0.39 is 81.4 Å². The molecular formula is C29H19Cl5F5NO3S. The fraction of sp³-hybridized carbons (Fsp3) is 0.276. The van der Waals surface area contributed by atoms with Gasteiger partial charge < -0.3 is 5.32 Å². The van der Waals surface area contributed by atoms with Crippen LogP contribution in [0.3, 0.4) is 0 Å². The van der Waals surface area contributed by atoms with Crippen LogP contribution in [0.2, 0.25) is 15.1 Å². The van der Waals surface area contributed by atoms with Crippen LogP contribution in [0.1, 0.15) is 33.0 Å². The number of anilines is 1. The molecule has 0 bridgehead atoms. The lowest BCUT2D eigenvalue weighted by molar-refractivity contribution is -0.117. The van der Waals surface area contributed by atoms with Crippen molar-refractivity contribution in [3.05, 3.63) is 97.5 Å². The van der Waals surface area contributed by atoms with Crippen LogP contribution in [0.15, 0.2) is 48.5 Å². The van der Waals surface area contributed by atoms with Crippen LogP contribution in [0.4, 0.5) is 27.6 Å². The van der Waals surface area contributed by atoms with Crippen molar-refractivity contribution in [1.29, 1.82) is 0 Å². The fourth-order valence-corrected chi connectivity index (χ4v) is 6.57. The predicted molar refractivity (Wildman–Crippen MR) is 164 cm³/mol. The van der Waals surface area contributed by atoms with Crippen LogP contribution >= 0.6 is 69.8 Å². The maximum atomic E-state index is 15.2. The van der Waals surface area contributed by atoms with E-state index in [9.17, 15) is 31.9 Å². The SMILES string of the molecule is O=C(CSCC(F)(F)F)Cc1c(F)ccc(CC(=O)c2cc(NC(=O)[C@H]3[C@H](c4ccc(Cl)c(Cl)c4)C3(Cl)Cl)ccc2Cl)c1F. The minimum absolute atomic E-state index is 0.0169. The quantitative estimate of drug-likeness (QED) is 0.121. The van der Waals surface area contributed by atoms with E-state index in [0.717, 1.165) is 12.1 Å². The number of halogens is 10. The van der Waals surface area contributed by atoms with Gasteiger partial charge in [-0.05, 0) is 47.5 Å². The average molecular weight is 734 g/mol. The van der Waals surface area contributed by atoms with E-state index in [-0.39, 0.29) is 38.6 Å². The molecule has 0 aliphatic heterocycles. The van der Waals surface area contributed by atoms with E-state index in [1.807, 2.05) is 0 Å². The normalized spacial score (nSPS) is 17.3. The van der Waals surface area contributed by atoms with Gasteiger partial charge in [0.05, 0.1) is 32.5 Å². The van der Waals surface area contributed by atoms with Crippen LogP contribution in [0, 0.1) is 17.6 Å². The van der Waals surface area contributed by atoms with Gasteiger partial charge in [-0.25, -0.2) is 8.78 Å². The van der Waals surface area contributed by atoms with Crippen molar-refractivity contribution in [2.45, 2.75) is 29.3 Å². The molecule has 15 heteroatoms. The molecule has 4 nitrogen and oxygen atoms in total. The number of benzene rings is 3. The molecule has 44 heavy (non-hydrogen) atoms. The summed E-state index contributed by atoms with van der Waals surface area (Å²) in [5, 5.41) is 3.19. The molecular weight excluding hydrogens is 715 g/mol. The highest BCUT2D eigenvalue weighted by Gasteiger charge is 2.67. The maximum absolute atomic E-state index is 15.2. The Morgan fingerprint density at radius 1 is 0.886 bits per heavy atom. The Morgan fingerprint density at radius 3 is 2.23 bits per heavy atom. The van der Waals surface area contributed by atoms with Crippen LogP contribution in [0.25, 0.3) is 0 Å². The second-order valence-electron chi connectivity index (χ2n) is 9.91. The molecule has 0 aromatic heterocycles. The number of Topliss-reactive ketones (excluding diaryl/α,β-unsaturated/α-hetero) is 2. The van der Waals surface area contributed by atoms with Crippen molar-refractivity contribution in [2.24, 2.45) is 5.92 Å². The van der Waals surface area contributed by atoms with Gasteiger partial charge in [-0.15, -0.1) is 35.0 Å². The zero-order chi connectivity index (χ0) is 32.6. The summed E-state index contributed by atoms with van der Waals surface area (Å²) in [6, 6.07) is 10.7. The molecule has 1 aliphatic rings. The minimum Gasteiger partial charge on any atom is -0.326 e. The minimum atomic E-state index is -4.49. The van der Waals surface area contributed by atoms with E-state index in [4.69, 9.17) is 58.0 Å². The highest BCUT2D eigenvalue weighted by Crippen LogP contribution is 2.65. The number of ketones is 2. The zero-order valence-electron chi connectivity index (χ0n) is 22.0. The summed E-state index contributed by atoms with van der Waals surface area (Å²) in [5.74, 6) is -7.67. The highest BCUT2D eigenvalue weighted by molar-refractivity contribution is 8.00. The molecule has 1 aliphatic carbocycles. The summed E-state index contributed by atoms with van der Waals surface area (Å²) in [6.45, 7) is 0. The summed E-state index contributed by atoms with van der Waals surface area (Å²) in [6.07, 6.45) is -5.88. The van der Waals surface area contributed by atoms with Gasteiger partial charge in [0.1, 0.15) is 21.8 Å². The van der Waals surface area contributed by atoms with Gasteiger partial charge in [0, 0.05) is 35.6 Å². The third-order valence-corrected chi connectivity index (χ3v) is 9.76. The van der Waals surface area contributed by atoms with Gasteiger partial charge >= 0.3 is 6.18 Å². The van der Waals surface area contributed by atoms with E-state index in [2.05, 4.69) is 5.32 Å². The first-order chi connectivity index (χ1) is 20.5. The fourth-order valence-electron chi connectivity index (χ4n) is 4.55. The molecule has 2 atom stereocenters. The molecule has 0 saturated heterocycles. The number of hydrogen-bond acceptors (Lipinski definition) is 4. The molecule has 4 rings (SSSR count). The van der Waals surface area contributed by atoms with Crippen LogP contribution in [0.5, 0.6) is 0 Å². The number of carbonyl (C=O) groups excluding carboxylic acids is 3. The number of hydrogen-bond donors (Lipinski definition) is 1. The smallest absolute Gasteiger partial charge is 0.326 e. The lowest BCUT2D eigenvalue weighted by Gasteiger charge is -2.12. The molecule has 1 amide bonds. The first-order valence-electron chi connectivity index (χ1n) is 12.6. The topological polar surface area (TPSA) is 63.2 Å². The number of carbonyl (C=O) groups is 3. The summed E-state index contributed by atoms with van der Waals surface area (Å²) < 4.78 is 65.1. The van der Waals surface area contributed by atoms with Crippen molar-refractivity contribution in [1.82, 2.24) is 0 Å². The third-order valence-electron chi connectivity index (χ3n) is 6.69. The van der Waals surface area contributed by atoms with Crippen molar-refractivity contribution >= 4 is 92.9 Å². The molecule has 234 valence electrons. The largest absolute Gasteiger partial charge is 0.397 e. The first kappa shape index (κ1) is 34.8. The molecule has 1 saturated carbocycles. The molecule has 3 aromatic rings. The number of amides is 1. The number of thioether (sulfide) groups is 1. The van der Waals surface area contributed by atoms with Crippen molar-refractivity contribution in [3.8, 4) is 0 Å². The van der Waals surface area contributed by atoms with Gasteiger partial charge in [-0.2, -0.15) is 13.2 Å². The number of nitrogens with one attached hydrogen (secondary N) is 1. The van der Waals surface area contributed by atoms with E-state index in [0.29, 0.717) is 10.6 Å². The molecule has 3 aromatic carbocycles. The van der Waals surface area contributed by atoms with E-state index in [1.54, 1.807) is 18.2 Å². The number of rotatable bonds is 11. The Bertz CT molecular complexity index is 1640. The average Bonchev–Trinajstić information content (AvgIpc) is 3.51. The number of alkyl halides is 5. The van der Waals surface area contributed by atoms with Crippen molar-refractivity contribution in [3.63, 3.8) is 0 Å². The van der Waals surface area contributed by atoms with Gasteiger partial charge in [-0.1, -0.05) is 46.9 Å². The summed E-state index contributed by atoms with van der Waals surface area (Å²) >= 11 is 31.3. The van der Waals surface area contributed by atoms with Gasteiger partial charge in [-0.3, -0.25) is 14.4 Å². The van der Waals surface area contributed by atoms with Gasteiger partial charge in [0.25, 0.3) is 0 Å². The molecule has 0 spiro atoms. The standard InChI is InChI=1S/C29H19Cl5F5NO3S/c30-19-5-3-15(40-27(43)25-24(29(25,33)34)13-1-4-20(31)21(32)7-13)9-17(19)23(42)8-14-2-6-22(35)18(26(14)36)10-16(41)11-44-12-28(37,38)39/h1-7,9,24-25H,8,10-12H2,(H,40,43)/t24-,25+/m0/s1. The van der Waals surface area contributed by atoms with Crippen molar-refractivity contribution < 1.29 is 36.3 Å². The van der Waals surface area contributed by atoms with Gasteiger partial charge in [0.15, 0.2) is 5.78 Å². The summed E-state index contributed by atoms with van der Waals surface area (Å²) in [4.78, 5) is 38.3. The molecule has 0 unspecified atom stereocenters. The maximum Gasteiger partial charge on any atom is 0.397 e. The summed E-state index contributed by atoms with van der Waals surface area (Å²) in [7, 11) is 0. The van der Waals surface area contributed by atoms with Crippen molar-refractivity contribution in [2.75, 3.05) is 16.8 Å². The molecule has 1 N–H and O–H groups in total. The Morgan fingerprint density at radius 2 is 1.57 bits per heavy atom. The Balaban J connectivity index is 1.46. The molecule has 0 heterocycles. The van der Waals surface area contributed by atoms with Gasteiger partial charge in [0.2, 0.25) is 5.91 Å². The first-order valence-corrected chi connectivity index (χ1v) is 15.6. The molecule has 0 radical (unpaired) electrons. The Kier molecular flexibility index (Phi) is 10.9.